The van der Waals surface area contributed by atoms with Crippen LogP contribution in [0.1, 0.15) is 15.9 Å². The summed E-state index contributed by atoms with van der Waals surface area (Å²) in [7, 11) is 1.46. The first-order valence-electron chi connectivity index (χ1n) is 7.12. The summed E-state index contributed by atoms with van der Waals surface area (Å²) in [6, 6.07) is 9.79. The number of carbonyl (C=O) groups is 2. The first-order valence-corrected chi connectivity index (χ1v) is 7.91. The molecule has 0 aliphatic heterocycles. The molecule has 0 spiro atoms. The molecule has 2 aromatic carbocycles. The number of anilines is 1. The molecule has 0 aliphatic carbocycles. The van der Waals surface area contributed by atoms with E-state index in [4.69, 9.17) is 4.74 Å². The van der Waals surface area contributed by atoms with E-state index in [-0.39, 0.29) is 23.8 Å². The number of halogens is 1. The number of carbonyl (C=O) groups excluding carboxylic acids is 2. The summed E-state index contributed by atoms with van der Waals surface area (Å²) in [6.45, 7) is 1.66. The topological polar surface area (TPSA) is 87.7 Å². The van der Waals surface area contributed by atoms with Gasteiger partial charge in [-0.25, -0.2) is 0 Å². The van der Waals surface area contributed by atoms with Gasteiger partial charge in [0.1, 0.15) is 11.5 Å². The average Bonchev–Trinajstić information content (AvgIpc) is 2.55. The lowest BCUT2D eigenvalue weighted by atomic mass is 10.1. The van der Waals surface area contributed by atoms with Gasteiger partial charge in [0.15, 0.2) is 0 Å². The SMILES string of the molecule is COc1ccc(C(=O)NCC(=O)Nc2ccc(Br)cc2C)c(O)c1. The van der Waals surface area contributed by atoms with E-state index in [1.54, 1.807) is 12.1 Å². The van der Waals surface area contributed by atoms with Crippen LogP contribution >= 0.6 is 15.9 Å². The molecule has 24 heavy (non-hydrogen) atoms. The molecule has 6 nitrogen and oxygen atoms in total. The molecule has 126 valence electrons. The Morgan fingerprint density at radius 3 is 2.58 bits per heavy atom. The third-order valence-electron chi connectivity index (χ3n) is 3.32. The summed E-state index contributed by atoms with van der Waals surface area (Å²) in [4.78, 5) is 24.0. The van der Waals surface area contributed by atoms with Gasteiger partial charge >= 0.3 is 0 Å². The van der Waals surface area contributed by atoms with Crippen LogP contribution in [0.5, 0.6) is 11.5 Å². The lowest BCUT2D eigenvalue weighted by Crippen LogP contribution is -2.33. The van der Waals surface area contributed by atoms with Crippen molar-refractivity contribution in [1.82, 2.24) is 5.32 Å². The number of ether oxygens (including phenoxy) is 1. The van der Waals surface area contributed by atoms with E-state index in [0.717, 1.165) is 10.0 Å². The Morgan fingerprint density at radius 2 is 1.96 bits per heavy atom. The van der Waals surface area contributed by atoms with Gasteiger partial charge in [0, 0.05) is 16.2 Å². The Hall–Kier alpha value is -2.54. The van der Waals surface area contributed by atoms with E-state index in [1.807, 2.05) is 19.1 Å². The number of phenolic OH excluding ortho intramolecular Hbond substituents is 1. The van der Waals surface area contributed by atoms with Crippen LogP contribution in [0.3, 0.4) is 0 Å². The largest absolute Gasteiger partial charge is 0.507 e. The van der Waals surface area contributed by atoms with Gasteiger partial charge in [-0.1, -0.05) is 15.9 Å². The van der Waals surface area contributed by atoms with Crippen LogP contribution in [0.25, 0.3) is 0 Å². The second-order valence-electron chi connectivity index (χ2n) is 5.07. The van der Waals surface area contributed by atoms with E-state index in [0.29, 0.717) is 11.4 Å². The lowest BCUT2D eigenvalue weighted by Gasteiger charge is -2.10. The highest BCUT2D eigenvalue weighted by atomic mass is 79.9. The molecule has 0 aromatic heterocycles. The third kappa shape index (κ3) is 4.48. The summed E-state index contributed by atoms with van der Waals surface area (Å²) >= 11 is 3.35. The number of amides is 2. The Labute approximate surface area is 148 Å². The van der Waals surface area contributed by atoms with Gasteiger partial charge in [0.05, 0.1) is 19.2 Å². The molecular formula is C17H17BrN2O4. The Morgan fingerprint density at radius 1 is 1.21 bits per heavy atom. The third-order valence-corrected chi connectivity index (χ3v) is 3.81. The van der Waals surface area contributed by atoms with Crippen molar-refractivity contribution in [1.29, 1.82) is 0 Å². The monoisotopic (exact) mass is 392 g/mol. The molecule has 0 aliphatic rings. The number of benzene rings is 2. The highest BCUT2D eigenvalue weighted by Crippen LogP contribution is 2.23. The number of nitrogens with one attached hydrogen (secondary N) is 2. The molecular weight excluding hydrogens is 376 g/mol. The number of hydrogen-bond donors (Lipinski definition) is 3. The van der Waals surface area contributed by atoms with Gasteiger partial charge in [-0.2, -0.15) is 0 Å². The quantitative estimate of drug-likeness (QED) is 0.729. The molecule has 0 unspecified atom stereocenters. The van der Waals surface area contributed by atoms with Crippen LogP contribution < -0.4 is 15.4 Å². The first kappa shape index (κ1) is 17.8. The van der Waals surface area contributed by atoms with Crippen LogP contribution in [0.2, 0.25) is 0 Å². The molecule has 7 heteroatoms. The standard InChI is InChI=1S/C17H17BrN2O4/c1-10-7-11(18)3-6-14(10)20-16(22)9-19-17(23)13-5-4-12(24-2)8-15(13)21/h3-8,21H,9H2,1-2H3,(H,19,23)(H,20,22). The predicted octanol–water partition coefficient (Wildman–Crippen LogP) is 2.84. The maximum Gasteiger partial charge on any atom is 0.255 e. The van der Waals surface area contributed by atoms with Crippen LogP contribution in [-0.2, 0) is 4.79 Å². The highest BCUT2D eigenvalue weighted by Gasteiger charge is 2.13. The van der Waals surface area contributed by atoms with Crippen molar-refractivity contribution in [2.75, 3.05) is 19.0 Å². The number of phenols is 1. The second-order valence-corrected chi connectivity index (χ2v) is 5.99. The Bertz CT molecular complexity index is 777. The minimum absolute atomic E-state index is 0.0726. The minimum atomic E-state index is -0.544. The lowest BCUT2D eigenvalue weighted by molar-refractivity contribution is -0.115. The van der Waals surface area contributed by atoms with Crippen molar-refractivity contribution in [2.45, 2.75) is 6.92 Å². The summed E-state index contributed by atoms with van der Waals surface area (Å²) in [5.41, 5.74) is 1.64. The van der Waals surface area contributed by atoms with Gasteiger partial charge in [-0.3, -0.25) is 9.59 Å². The van der Waals surface area contributed by atoms with Crippen molar-refractivity contribution in [3.8, 4) is 11.5 Å². The second kappa shape index (κ2) is 7.83. The number of hydrogen-bond acceptors (Lipinski definition) is 4. The summed E-state index contributed by atoms with van der Waals surface area (Å²) in [5, 5.41) is 15.0. The fourth-order valence-corrected chi connectivity index (χ4v) is 2.52. The molecule has 2 aromatic rings. The molecule has 0 fully saturated rings. The first-order chi connectivity index (χ1) is 11.4. The summed E-state index contributed by atoms with van der Waals surface area (Å²) < 4.78 is 5.87. The number of aromatic hydroxyl groups is 1. The van der Waals surface area contributed by atoms with E-state index in [2.05, 4.69) is 26.6 Å². The fraction of sp³-hybridized carbons (Fsp3) is 0.176. The molecule has 2 amide bonds. The van der Waals surface area contributed by atoms with E-state index < -0.39 is 5.91 Å². The highest BCUT2D eigenvalue weighted by molar-refractivity contribution is 9.10. The van der Waals surface area contributed by atoms with Gasteiger partial charge in [0.25, 0.3) is 5.91 Å². The van der Waals surface area contributed by atoms with E-state index >= 15 is 0 Å². The van der Waals surface area contributed by atoms with Crippen LogP contribution in [0.15, 0.2) is 40.9 Å². The zero-order chi connectivity index (χ0) is 17.7. The van der Waals surface area contributed by atoms with E-state index in [9.17, 15) is 14.7 Å². The average molecular weight is 393 g/mol. The molecule has 0 heterocycles. The molecule has 0 saturated heterocycles. The normalized spacial score (nSPS) is 10.1. The van der Waals surface area contributed by atoms with Gasteiger partial charge in [0.2, 0.25) is 5.91 Å². The van der Waals surface area contributed by atoms with E-state index in [1.165, 1.54) is 19.2 Å². The maximum absolute atomic E-state index is 12.0. The Kier molecular flexibility index (Phi) is 5.81. The molecule has 3 N–H and O–H groups in total. The van der Waals surface area contributed by atoms with Crippen molar-refractivity contribution in [3.05, 3.63) is 52.0 Å². The van der Waals surface area contributed by atoms with Crippen molar-refractivity contribution in [3.63, 3.8) is 0 Å². The molecule has 0 radical (unpaired) electrons. The predicted molar refractivity (Wildman–Crippen MR) is 94.5 cm³/mol. The smallest absolute Gasteiger partial charge is 0.255 e. The Balaban J connectivity index is 1.95. The molecule has 0 bridgehead atoms. The van der Waals surface area contributed by atoms with Gasteiger partial charge in [-0.05, 0) is 42.8 Å². The molecule has 2 rings (SSSR count). The van der Waals surface area contributed by atoms with Crippen molar-refractivity contribution < 1.29 is 19.4 Å². The summed E-state index contributed by atoms with van der Waals surface area (Å²) in [5.74, 6) is -0.678. The van der Waals surface area contributed by atoms with Crippen molar-refractivity contribution >= 4 is 33.4 Å². The number of rotatable bonds is 5. The zero-order valence-corrected chi connectivity index (χ0v) is 14.8. The maximum atomic E-state index is 12.0. The van der Waals surface area contributed by atoms with Crippen LogP contribution in [0, 0.1) is 6.92 Å². The summed E-state index contributed by atoms with van der Waals surface area (Å²) in [6.07, 6.45) is 0. The number of aryl methyl sites for hydroxylation is 1. The molecule has 0 saturated carbocycles. The van der Waals surface area contributed by atoms with Crippen molar-refractivity contribution in [2.24, 2.45) is 0 Å². The zero-order valence-electron chi connectivity index (χ0n) is 13.2. The van der Waals surface area contributed by atoms with Crippen LogP contribution in [-0.4, -0.2) is 30.6 Å². The molecule has 0 atom stereocenters. The van der Waals surface area contributed by atoms with Crippen LogP contribution in [0.4, 0.5) is 5.69 Å². The van der Waals surface area contributed by atoms with Gasteiger partial charge < -0.3 is 20.5 Å². The van der Waals surface area contributed by atoms with Gasteiger partial charge in [-0.15, -0.1) is 0 Å². The fourth-order valence-electron chi connectivity index (χ4n) is 2.05. The minimum Gasteiger partial charge on any atom is -0.507 e. The number of methoxy groups -OCH3 is 1.